The number of halogens is 1. The van der Waals surface area contributed by atoms with E-state index >= 15 is 0 Å². The first-order valence-electron chi connectivity index (χ1n) is 6.22. The van der Waals surface area contributed by atoms with Crippen molar-refractivity contribution in [1.82, 2.24) is 5.32 Å². The van der Waals surface area contributed by atoms with Crippen LogP contribution in [0, 0.1) is 6.92 Å². The maximum atomic E-state index is 5.44. The maximum Gasteiger partial charge on any atom is 0.105 e. The average Bonchev–Trinajstić information content (AvgIpc) is 2.81. The summed E-state index contributed by atoms with van der Waals surface area (Å²) in [6.45, 7) is 5.16. The van der Waals surface area contributed by atoms with Gasteiger partial charge in [-0.25, -0.2) is 0 Å². The minimum atomic E-state index is 0.274. The number of likely N-dealkylation sites (N-methyl/N-ethyl adjacent to an activating group) is 1. The van der Waals surface area contributed by atoms with Crippen molar-refractivity contribution in [3.05, 3.63) is 58.0 Å². The first-order chi connectivity index (χ1) is 8.70. The van der Waals surface area contributed by atoms with E-state index in [2.05, 4.69) is 53.3 Å². The molecule has 3 heteroatoms. The zero-order valence-electron chi connectivity index (χ0n) is 10.7. The predicted octanol–water partition coefficient (Wildman–Crippen LogP) is 4.24. The van der Waals surface area contributed by atoms with Crippen LogP contribution in [0.15, 0.2) is 45.5 Å². The monoisotopic (exact) mass is 307 g/mol. The SMILES string of the molecule is CCNC(Cc1ccco1)c1ccc(C)cc1Br. The molecular weight excluding hydrogens is 290 g/mol. The van der Waals surface area contributed by atoms with E-state index in [-0.39, 0.29) is 6.04 Å². The molecule has 1 aromatic heterocycles. The van der Waals surface area contributed by atoms with Gasteiger partial charge in [0.15, 0.2) is 0 Å². The Hall–Kier alpha value is -1.06. The van der Waals surface area contributed by atoms with Gasteiger partial charge in [0.2, 0.25) is 0 Å². The highest BCUT2D eigenvalue weighted by Crippen LogP contribution is 2.27. The Bertz CT molecular complexity index is 493. The normalized spacial score (nSPS) is 12.6. The topological polar surface area (TPSA) is 25.2 Å². The lowest BCUT2D eigenvalue weighted by Crippen LogP contribution is -2.23. The average molecular weight is 308 g/mol. The van der Waals surface area contributed by atoms with Crippen LogP contribution in [0.4, 0.5) is 0 Å². The fourth-order valence-corrected chi connectivity index (χ4v) is 2.85. The van der Waals surface area contributed by atoms with Crippen molar-refractivity contribution in [2.75, 3.05) is 6.54 Å². The summed E-state index contributed by atoms with van der Waals surface area (Å²) in [5, 5.41) is 3.51. The molecule has 1 unspecified atom stereocenters. The molecule has 96 valence electrons. The summed E-state index contributed by atoms with van der Waals surface area (Å²) in [4.78, 5) is 0. The van der Waals surface area contributed by atoms with Gasteiger partial charge >= 0.3 is 0 Å². The second kappa shape index (κ2) is 6.21. The molecule has 0 radical (unpaired) electrons. The second-order valence-corrected chi connectivity index (χ2v) is 5.27. The molecule has 2 rings (SSSR count). The van der Waals surface area contributed by atoms with Gasteiger partial charge in [-0.05, 0) is 42.8 Å². The predicted molar refractivity (Wildman–Crippen MR) is 77.7 cm³/mol. The Kier molecular flexibility index (Phi) is 4.61. The van der Waals surface area contributed by atoms with Crippen molar-refractivity contribution in [2.24, 2.45) is 0 Å². The van der Waals surface area contributed by atoms with Crippen molar-refractivity contribution in [2.45, 2.75) is 26.3 Å². The zero-order chi connectivity index (χ0) is 13.0. The standard InChI is InChI=1S/C15H18BrNO/c1-3-17-15(10-12-5-4-8-18-12)13-7-6-11(2)9-14(13)16/h4-9,15,17H,3,10H2,1-2H3. The molecule has 1 aromatic carbocycles. The Morgan fingerprint density at radius 1 is 1.33 bits per heavy atom. The largest absolute Gasteiger partial charge is 0.469 e. The lowest BCUT2D eigenvalue weighted by atomic mass is 10.0. The molecule has 0 bridgehead atoms. The van der Waals surface area contributed by atoms with E-state index in [0.717, 1.165) is 23.2 Å². The third kappa shape index (κ3) is 3.24. The summed E-state index contributed by atoms with van der Waals surface area (Å²) >= 11 is 3.65. The molecule has 1 N–H and O–H groups in total. The molecule has 1 heterocycles. The number of furan rings is 1. The van der Waals surface area contributed by atoms with Crippen molar-refractivity contribution in [1.29, 1.82) is 0 Å². The van der Waals surface area contributed by atoms with E-state index in [0.29, 0.717) is 0 Å². The highest BCUT2D eigenvalue weighted by Gasteiger charge is 2.15. The summed E-state index contributed by atoms with van der Waals surface area (Å²) in [6, 6.07) is 10.7. The van der Waals surface area contributed by atoms with Crippen molar-refractivity contribution >= 4 is 15.9 Å². The molecule has 0 amide bonds. The van der Waals surface area contributed by atoms with Crippen LogP contribution < -0.4 is 5.32 Å². The minimum Gasteiger partial charge on any atom is -0.469 e. The van der Waals surface area contributed by atoms with Crippen LogP contribution in [0.2, 0.25) is 0 Å². The summed E-state index contributed by atoms with van der Waals surface area (Å²) in [5.74, 6) is 1.01. The van der Waals surface area contributed by atoms with Gasteiger partial charge in [0.25, 0.3) is 0 Å². The lowest BCUT2D eigenvalue weighted by Gasteiger charge is -2.19. The first kappa shape index (κ1) is 13.4. The van der Waals surface area contributed by atoms with Crippen LogP contribution >= 0.6 is 15.9 Å². The molecule has 0 saturated carbocycles. The van der Waals surface area contributed by atoms with E-state index < -0.39 is 0 Å². The van der Waals surface area contributed by atoms with Crippen LogP contribution in [0.5, 0.6) is 0 Å². The van der Waals surface area contributed by atoms with E-state index in [1.54, 1.807) is 6.26 Å². The van der Waals surface area contributed by atoms with Gasteiger partial charge in [-0.2, -0.15) is 0 Å². The van der Waals surface area contributed by atoms with Gasteiger partial charge in [-0.1, -0.05) is 35.0 Å². The van der Waals surface area contributed by atoms with E-state index in [4.69, 9.17) is 4.42 Å². The Morgan fingerprint density at radius 2 is 2.17 bits per heavy atom. The summed E-state index contributed by atoms with van der Waals surface area (Å²) in [5.41, 5.74) is 2.54. The Morgan fingerprint density at radius 3 is 2.78 bits per heavy atom. The van der Waals surface area contributed by atoms with Gasteiger partial charge < -0.3 is 9.73 Å². The van der Waals surface area contributed by atoms with Crippen LogP contribution in [-0.4, -0.2) is 6.54 Å². The number of aryl methyl sites for hydroxylation is 1. The lowest BCUT2D eigenvalue weighted by molar-refractivity contribution is 0.454. The van der Waals surface area contributed by atoms with Gasteiger partial charge in [0.1, 0.15) is 5.76 Å². The van der Waals surface area contributed by atoms with E-state index in [1.807, 2.05) is 12.1 Å². The maximum absolute atomic E-state index is 5.44. The van der Waals surface area contributed by atoms with Crippen molar-refractivity contribution < 1.29 is 4.42 Å². The van der Waals surface area contributed by atoms with Gasteiger partial charge in [-0.15, -0.1) is 0 Å². The van der Waals surface area contributed by atoms with E-state index in [9.17, 15) is 0 Å². The second-order valence-electron chi connectivity index (χ2n) is 4.42. The molecule has 1 atom stereocenters. The minimum absolute atomic E-state index is 0.274. The Labute approximate surface area is 117 Å². The number of nitrogens with one attached hydrogen (secondary N) is 1. The molecule has 0 aliphatic rings. The molecular formula is C15H18BrNO. The van der Waals surface area contributed by atoms with E-state index in [1.165, 1.54) is 11.1 Å². The third-order valence-electron chi connectivity index (χ3n) is 2.97. The number of hydrogen-bond donors (Lipinski definition) is 1. The molecule has 0 spiro atoms. The Balaban J connectivity index is 2.23. The summed E-state index contributed by atoms with van der Waals surface area (Å²) in [7, 11) is 0. The number of hydrogen-bond acceptors (Lipinski definition) is 2. The fraction of sp³-hybridized carbons (Fsp3) is 0.333. The summed E-state index contributed by atoms with van der Waals surface area (Å²) in [6.07, 6.45) is 2.59. The van der Waals surface area contributed by atoms with Crippen molar-refractivity contribution in [3.8, 4) is 0 Å². The van der Waals surface area contributed by atoms with Crippen LogP contribution in [0.25, 0.3) is 0 Å². The van der Waals surface area contributed by atoms with Crippen LogP contribution in [0.3, 0.4) is 0 Å². The van der Waals surface area contributed by atoms with Gasteiger partial charge in [0, 0.05) is 16.9 Å². The third-order valence-corrected chi connectivity index (χ3v) is 3.65. The molecule has 2 aromatic rings. The first-order valence-corrected chi connectivity index (χ1v) is 7.01. The highest BCUT2D eigenvalue weighted by molar-refractivity contribution is 9.10. The molecule has 2 nitrogen and oxygen atoms in total. The van der Waals surface area contributed by atoms with Crippen LogP contribution in [0.1, 0.15) is 29.9 Å². The molecule has 18 heavy (non-hydrogen) atoms. The number of benzene rings is 1. The summed E-state index contributed by atoms with van der Waals surface area (Å²) < 4.78 is 6.59. The molecule has 0 fully saturated rings. The van der Waals surface area contributed by atoms with Gasteiger partial charge in [-0.3, -0.25) is 0 Å². The molecule has 0 aliphatic heterocycles. The quantitative estimate of drug-likeness (QED) is 0.893. The molecule has 0 aliphatic carbocycles. The van der Waals surface area contributed by atoms with Crippen LogP contribution in [-0.2, 0) is 6.42 Å². The van der Waals surface area contributed by atoms with Crippen molar-refractivity contribution in [3.63, 3.8) is 0 Å². The highest BCUT2D eigenvalue weighted by atomic mass is 79.9. The zero-order valence-corrected chi connectivity index (χ0v) is 12.3. The van der Waals surface area contributed by atoms with Gasteiger partial charge in [0.05, 0.1) is 6.26 Å². The smallest absolute Gasteiger partial charge is 0.105 e. The molecule has 0 saturated heterocycles. The fourth-order valence-electron chi connectivity index (χ4n) is 2.08. The number of rotatable bonds is 5.